The molecular formula is C51H34. The summed E-state index contributed by atoms with van der Waals surface area (Å²) >= 11 is 0. The SMILES string of the molecule is CC1(C)c2ccccc2-c2ccc(-c3ccc(-c4ccc5ccc(-c6ccc7c8c(cccc68)-c6ccccc6-7)cc5c4)c4ccccc34)cc21. The maximum absolute atomic E-state index is 2.44. The van der Waals surface area contributed by atoms with Crippen LogP contribution in [0.25, 0.3) is 99.1 Å². The van der Waals surface area contributed by atoms with Crippen molar-refractivity contribution in [3.63, 3.8) is 0 Å². The van der Waals surface area contributed by atoms with Crippen molar-refractivity contribution in [2.45, 2.75) is 19.3 Å². The summed E-state index contributed by atoms with van der Waals surface area (Å²) in [5.41, 5.74) is 18.5. The Hall–Kier alpha value is -6.24. The first-order chi connectivity index (χ1) is 25.0. The van der Waals surface area contributed by atoms with Crippen molar-refractivity contribution in [3.05, 3.63) is 181 Å². The van der Waals surface area contributed by atoms with Crippen LogP contribution in [0, 0.1) is 0 Å². The number of fused-ring (bicyclic) bond motifs is 8. The predicted octanol–water partition coefficient (Wildman–Crippen LogP) is 14.1. The van der Waals surface area contributed by atoms with Crippen LogP contribution in [-0.2, 0) is 5.41 Å². The summed E-state index contributed by atoms with van der Waals surface area (Å²) in [6.07, 6.45) is 0. The number of rotatable bonds is 3. The zero-order valence-electron chi connectivity index (χ0n) is 28.7. The molecule has 11 rings (SSSR count). The van der Waals surface area contributed by atoms with Gasteiger partial charge in [0.25, 0.3) is 0 Å². The third-order valence-corrected chi connectivity index (χ3v) is 11.8. The van der Waals surface area contributed by atoms with Gasteiger partial charge in [0.2, 0.25) is 0 Å². The molecular weight excluding hydrogens is 613 g/mol. The lowest BCUT2D eigenvalue weighted by atomic mass is 9.81. The summed E-state index contributed by atoms with van der Waals surface area (Å²) in [5.74, 6) is 0. The van der Waals surface area contributed by atoms with Gasteiger partial charge in [-0.05, 0) is 128 Å². The predicted molar refractivity (Wildman–Crippen MR) is 217 cm³/mol. The molecule has 0 nitrogen and oxygen atoms in total. The van der Waals surface area contributed by atoms with E-state index in [-0.39, 0.29) is 5.41 Å². The van der Waals surface area contributed by atoms with Gasteiger partial charge in [-0.15, -0.1) is 0 Å². The first-order valence-electron chi connectivity index (χ1n) is 18.0. The van der Waals surface area contributed by atoms with Crippen LogP contribution in [0.5, 0.6) is 0 Å². The van der Waals surface area contributed by atoms with E-state index in [1.807, 2.05) is 0 Å². The Balaban J connectivity index is 1.02. The van der Waals surface area contributed by atoms with Crippen LogP contribution < -0.4 is 0 Å². The maximum atomic E-state index is 2.44. The lowest BCUT2D eigenvalue weighted by molar-refractivity contribution is 0.660. The quantitative estimate of drug-likeness (QED) is 0.179. The second-order valence-corrected chi connectivity index (χ2v) is 14.8. The fraction of sp³-hybridized carbons (Fsp3) is 0.0588. The molecule has 9 aromatic rings. The fourth-order valence-electron chi connectivity index (χ4n) is 9.32. The standard InChI is InChI=1S/C51H34/c1-51(2)48-17-8-7-14-43(48)44-23-22-34(30-49(44)51)37-25-24-36(39-10-3-4-11-40(37)39)32-20-18-31-19-21-33(29-35(31)28-32)38-26-27-47-42-13-6-5-12-41(42)46-16-9-15-45(38)50(46)47/h3-30H,1-2H3. The molecule has 2 aliphatic carbocycles. The van der Waals surface area contributed by atoms with Crippen molar-refractivity contribution in [1.29, 1.82) is 0 Å². The minimum Gasteiger partial charge on any atom is -0.0619 e. The highest BCUT2D eigenvalue weighted by molar-refractivity contribution is 6.19. The molecule has 9 aromatic carbocycles. The van der Waals surface area contributed by atoms with Gasteiger partial charge in [0.15, 0.2) is 0 Å². The van der Waals surface area contributed by atoms with E-state index >= 15 is 0 Å². The Bertz CT molecular complexity index is 2910. The first kappa shape index (κ1) is 28.6. The number of hydrogen-bond acceptors (Lipinski definition) is 0. The number of benzene rings is 9. The average molecular weight is 647 g/mol. The third-order valence-electron chi connectivity index (χ3n) is 11.8. The second-order valence-electron chi connectivity index (χ2n) is 14.8. The molecule has 0 N–H and O–H groups in total. The molecule has 0 heteroatoms. The molecule has 0 fully saturated rings. The van der Waals surface area contributed by atoms with Gasteiger partial charge in [-0.2, -0.15) is 0 Å². The van der Waals surface area contributed by atoms with Crippen LogP contribution >= 0.6 is 0 Å². The smallest absolute Gasteiger partial charge is 0.0159 e. The number of hydrogen-bond donors (Lipinski definition) is 0. The fourth-order valence-corrected chi connectivity index (χ4v) is 9.32. The van der Waals surface area contributed by atoms with Gasteiger partial charge in [-0.25, -0.2) is 0 Å². The van der Waals surface area contributed by atoms with E-state index in [0.717, 1.165) is 0 Å². The van der Waals surface area contributed by atoms with Crippen LogP contribution in [0.1, 0.15) is 25.0 Å². The van der Waals surface area contributed by atoms with Crippen molar-refractivity contribution in [2.24, 2.45) is 0 Å². The van der Waals surface area contributed by atoms with Crippen LogP contribution in [0.4, 0.5) is 0 Å². The lowest BCUT2D eigenvalue weighted by Gasteiger charge is -2.22. The topological polar surface area (TPSA) is 0 Å². The highest BCUT2D eigenvalue weighted by atomic mass is 14.4. The molecule has 0 heterocycles. The molecule has 51 heavy (non-hydrogen) atoms. The zero-order chi connectivity index (χ0) is 33.8. The molecule has 238 valence electrons. The Morgan fingerprint density at radius 2 is 0.745 bits per heavy atom. The van der Waals surface area contributed by atoms with Gasteiger partial charge in [0, 0.05) is 5.41 Å². The van der Waals surface area contributed by atoms with Gasteiger partial charge in [-0.1, -0.05) is 166 Å². The van der Waals surface area contributed by atoms with Gasteiger partial charge < -0.3 is 0 Å². The molecule has 0 bridgehead atoms. The van der Waals surface area contributed by atoms with Gasteiger partial charge in [-0.3, -0.25) is 0 Å². The first-order valence-corrected chi connectivity index (χ1v) is 18.0. The molecule has 2 aliphatic rings. The molecule has 0 aliphatic heterocycles. The Morgan fingerprint density at radius 3 is 1.43 bits per heavy atom. The third kappa shape index (κ3) is 4.02. The summed E-state index contributed by atoms with van der Waals surface area (Å²) < 4.78 is 0. The normalized spacial score (nSPS) is 13.5. The molecule has 0 radical (unpaired) electrons. The Labute approximate surface area is 298 Å². The van der Waals surface area contributed by atoms with E-state index in [1.165, 1.54) is 110 Å². The molecule has 0 amide bonds. The average Bonchev–Trinajstić information content (AvgIpc) is 3.63. The van der Waals surface area contributed by atoms with Gasteiger partial charge >= 0.3 is 0 Å². The summed E-state index contributed by atoms with van der Waals surface area (Å²) in [7, 11) is 0. The van der Waals surface area contributed by atoms with Crippen molar-refractivity contribution < 1.29 is 0 Å². The summed E-state index contributed by atoms with van der Waals surface area (Å²) in [4.78, 5) is 0. The van der Waals surface area contributed by atoms with E-state index < -0.39 is 0 Å². The minimum atomic E-state index is -0.0283. The van der Waals surface area contributed by atoms with Gasteiger partial charge in [0.05, 0.1) is 0 Å². The minimum absolute atomic E-state index is 0.0283. The lowest BCUT2D eigenvalue weighted by Crippen LogP contribution is -2.14. The molecule has 0 spiro atoms. The van der Waals surface area contributed by atoms with E-state index in [9.17, 15) is 0 Å². The highest BCUT2D eigenvalue weighted by Gasteiger charge is 2.35. The van der Waals surface area contributed by atoms with Crippen LogP contribution in [0.15, 0.2) is 170 Å². The summed E-state index contributed by atoms with van der Waals surface area (Å²) in [6, 6.07) is 63.7. The molecule has 0 saturated heterocycles. The molecule has 0 unspecified atom stereocenters. The monoisotopic (exact) mass is 646 g/mol. The summed E-state index contributed by atoms with van der Waals surface area (Å²) in [6.45, 7) is 4.72. The van der Waals surface area contributed by atoms with Crippen molar-refractivity contribution in [3.8, 4) is 66.8 Å². The Morgan fingerprint density at radius 1 is 0.294 bits per heavy atom. The maximum Gasteiger partial charge on any atom is 0.0159 e. The summed E-state index contributed by atoms with van der Waals surface area (Å²) in [5, 5.41) is 7.76. The van der Waals surface area contributed by atoms with E-state index in [4.69, 9.17) is 0 Å². The van der Waals surface area contributed by atoms with E-state index in [0.29, 0.717) is 0 Å². The largest absolute Gasteiger partial charge is 0.0619 e. The molecule has 0 aromatic heterocycles. The van der Waals surface area contributed by atoms with E-state index in [1.54, 1.807) is 0 Å². The van der Waals surface area contributed by atoms with Crippen molar-refractivity contribution in [1.82, 2.24) is 0 Å². The van der Waals surface area contributed by atoms with Gasteiger partial charge in [0.1, 0.15) is 0 Å². The zero-order valence-corrected chi connectivity index (χ0v) is 28.7. The van der Waals surface area contributed by atoms with Crippen LogP contribution in [0.3, 0.4) is 0 Å². The van der Waals surface area contributed by atoms with Crippen LogP contribution in [0.2, 0.25) is 0 Å². The van der Waals surface area contributed by atoms with Crippen LogP contribution in [-0.4, -0.2) is 0 Å². The Kier molecular flexibility index (Phi) is 5.82. The molecule has 0 saturated carbocycles. The van der Waals surface area contributed by atoms with Crippen molar-refractivity contribution >= 4 is 32.3 Å². The van der Waals surface area contributed by atoms with E-state index in [2.05, 4.69) is 184 Å². The highest BCUT2D eigenvalue weighted by Crippen LogP contribution is 2.51. The van der Waals surface area contributed by atoms with Crippen molar-refractivity contribution in [2.75, 3.05) is 0 Å². The second kappa shape index (κ2) is 10.4. The molecule has 0 atom stereocenters.